The molecule has 19 heavy (non-hydrogen) atoms. The van der Waals surface area contributed by atoms with Crippen LogP contribution in [0.3, 0.4) is 0 Å². The van der Waals surface area contributed by atoms with Gasteiger partial charge in [-0.05, 0) is 12.8 Å². The number of hydrogen-bond acceptors (Lipinski definition) is 4. The first kappa shape index (κ1) is 13.1. The minimum atomic E-state index is -0.925. The van der Waals surface area contributed by atoms with E-state index in [2.05, 4.69) is 4.98 Å². The minimum absolute atomic E-state index is 0.0623. The zero-order valence-electron chi connectivity index (χ0n) is 10.1. The summed E-state index contributed by atoms with van der Waals surface area (Å²) in [4.78, 5) is 37.8. The third-order valence-electron chi connectivity index (χ3n) is 3.13. The minimum Gasteiger partial charge on any atom is -0.494 e. The Kier molecular flexibility index (Phi) is 3.55. The summed E-state index contributed by atoms with van der Waals surface area (Å²) in [5.41, 5.74) is -0.512. The third-order valence-corrected chi connectivity index (χ3v) is 3.13. The largest absolute Gasteiger partial charge is 0.494 e. The van der Waals surface area contributed by atoms with Gasteiger partial charge in [0, 0.05) is 25.2 Å². The van der Waals surface area contributed by atoms with Crippen LogP contribution >= 0.6 is 0 Å². The van der Waals surface area contributed by atoms with Crippen LogP contribution in [0.2, 0.25) is 0 Å². The molecule has 7 nitrogen and oxygen atoms in total. The molecule has 1 aromatic heterocycles. The number of aromatic nitrogens is 1. The maximum atomic E-state index is 12.1. The second-order valence-corrected chi connectivity index (χ2v) is 4.55. The number of likely N-dealkylation sites (tertiary alicyclic amines) is 1. The Morgan fingerprint density at radius 1 is 1.37 bits per heavy atom. The quantitative estimate of drug-likeness (QED) is 0.698. The first-order valence-corrected chi connectivity index (χ1v) is 5.93. The molecule has 0 radical (unpaired) electrons. The van der Waals surface area contributed by atoms with E-state index in [1.54, 1.807) is 0 Å². The molecular formula is C12H14N2O5. The first-order chi connectivity index (χ1) is 8.97. The molecule has 1 unspecified atom stereocenters. The Bertz CT molecular complexity index is 565. The highest BCUT2D eigenvalue weighted by Crippen LogP contribution is 2.19. The standard InChI is InChI=1S/C12H14N2O5/c15-9-4-8(5-10(16)13-9)11(17)14-3-1-2-7(6-14)12(18)19/h4-5,7H,1-3,6H2,(H,18,19)(H2,13,15,16). The molecule has 0 aromatic carbocycles. The fourth-order valence-electron chi connectivity index (χ4n) is 2.20. The van der Waals surface area contributed by atoms with Crippen LogP contribution in [0, 0.1) is 5.92 Å². The molecule has 1 saturated heterocycles. The number of piperidine rings is 1. The van der Waals surface area contributed by atoms with E-state index in [-0.39, 0.29) is 18.0 Å². The summed E-state index contributed by atoms with van der Waals surface area (Å²) >= 11 is 0. The molecule has 2 rings (SSSR count). The lowest BCUT2D eigenvalue weighted by Crippen LogP contribution is -2.42. The fourth-order valence-corrected chi connectivity index (χ4v) is 2.20. The van der Waals surface area contributed by atoms with Crippen molar-refractivity contribution < 1.29 is 19.8 Å². The molecule has 7 heteroatoms. The van der Waals surface area contributed by atoms with Gasteiger partial charge in [0.15, 0.2) is 5.88 Å². The zero-order valence-corrected chi connectivity index (χ0v) is 10.1. The highest BCUT2D eigenvalue weighted by atomic mass is 16.4. The summed E-state index contributed by atoms with van der Waals surface area (Å²) in [6.45, 7) is 0.581. The number of aromatic hydroxyl groups is 1. The number of nitrogens with one attached hydrogen (secondary N) is 1. The molecule has 3 N–H and O–H groups in total. The van der Waals surface area contributed by atoms with E-state index in [0.29, 0.717) is 19.4 Å². The van der Waals surface area contributed by atoms with Crippen molar-refractivity contribution in [3.63, 3.8) is 0 Å². The van der Waals surface area contributed by atoms with E-state index in [1.165, 1.54) is 4.90 Å². The summed E-state index contributed by atoms with van der Waals surface area (Å²) in [5, 5.41) is 18.2. The molecule has 1 atom stereocenters. The van der Waals surface area contributed by atoms with Gasteiger partial charge in [-0.3, -0.25) is 19.4 Å². The molecule has 0 saturated carbocycles. The number of carboxylic acid groups (broad SMARTS) is 1. The Balaban J connectivity index is 2.19. The topological polar surface area (TPSA) is 111 Å². The maximum Gasteiger partial charge on any atom is 0.308 e. The maximum absolute atomic E-state index is 12.1. The van der Waals surface area contributed by atoms with Gasteiger partial charge in [0.2, 0.25) is 0 Å². The average Bonchev–Trinajstić information content (AvgIpc) is 2.37. The second-order valence-electron chi connectivity index (χ2n) is 4.55. The number of pyridine rings is 1. The van der Waals surface area contributed by atoms with Crippen molar-refractivity contribution in [2.24, 2.45) is 5.92 Å². The number of aromatic amines is 1. The Labute approximate surface area is 108 Å². The van der Waals surface area contributed by atoms with Gasteiger partial charge in [-0.2, -0.15) is 0 Å². The molecule has 1 aliphatic heterocycles. The number of H-pyrrole nitrogens is 1. The molecular weight excluding hydrogens is 252 g/mol. The molecule has 0 aliphatic carbocycles. The zero-order chi connectivity index (χ0) is 14.0. The molecule has 1 aromatic rings. The van der Waals surface area contributed by atoms with Crippen molar-refractivity contribution in [3.8, 4) is 5.88 Å². The van der Waals surface area contributed by atoms with Gasteiger partial charge in [0.1, 0.15) is 0 Å². The highest BCUT2D eigenvalue weighted by molar-refractivity contribution is 5.94. The molecule has 0 spiro atoms. The predicted molar refractivity (Wildman–Crippen MR) is 65.0 cm³/mol. The molecule has 0 bridgehead atoms. The van der Waals surface area contributed by atoms with Gasteiger partial charge in [0.05, 0.1) is 11.5 Å². The smallest absolute Gasteiger partial charge is 0.308 e. The molecule has 1 aliphatic rings. The van der Waals surface area contributed by atoms with Crippen LogP contribution in [-0.4, -0.2) is 45.1 Å². The van der Waals surface area contributed by atoms with E-state index >= 15 is 0 Å². The first-order valence-electron chi connectivity index (χ1n) is 5.93. The van der Waals surface area contributed by atoms with Crippen molar-refractivity contribution in [1.82, 2.24) is 9.88 Å². The number of rotatable bonds is 2. The number of carbonyl (C=O) groups excluding carboxylic acids is 1. The lowest BCUT2D eigenvalue weighted by atomic mass is 9.98. The normalized spacial score (nSPS) is 19.2. The monoisotopic (exact) mass is 266 g/mol. The van der Waals surface area contributed by atoms with Gasteiger partial charge in [-0.25, -0.2) is 0 Å². The van der Waals surface area contributed by atoms with Crippen LogP contribution in [0.4, 0.5) is 0 Å². The lowest BCUT2D eigenvalue weighted by molar-refractivity contribution is -0.143. The van der Waals surface area contributed by atoms with Gasteiger partial charge < -0.3 is 15.1 Å². The number of carboxylic acids is 1. The number of nitrogens with zero attached hydrogens (tertiary/aromatic N) is 1. The van der Waals surface area contributed by atoms with Gasteiger partial charge in [-0.1, -0.05) is 0 Å². The van der Waals surface area contributed by atoms with E-state index in [9.17, 15) is 19.5 Å². The summed E-state index contributed by atoms with van der Waals surface area (Å²) in [5.74, 6) is -2.32. The second kappa shape index (κ2) is 5.13. The fraction of sp³-hybridized carbons (Fsp3) is 0.417. The van der Waals surface area contributed by atoms with E-state index in [4.69, 9.17) is 5.11 Å². The van der Waals surface area contributed by atoms with Crippen LogP contribution in [0.1, 0.15) is 23.2 Å². The van der Waals surface area contributed by atoms with Crippen molar-refractivity contribution in [2.45, 2.75) is 12.8 Å². The lowest BCUT2D eigenvalue weighted by Gasteiger charge is -2.30. The van der Waals surface area contributed by atoms with Crippen molar-refractivity contribution in [2.75, 3.05) is 13.1 Å². The summed E-state index contributed by atoms with van der Waals surface area (Å²) in [6.07, 6.45) is 1.15. The van der Waals surface area contributed by atoms with Gasteiger partial charge in [0.25, 0.3) is 11.5 Å². The average molecular weight is 266 g/mol. The summed E-state index contributed by atoms with van der Waals surface area (Å²) in [6, 6.07) is 2.25. The summed E-state index contributed by atoms with van der Waals surface area (Å²) in [7, 11) is 0. The Morgan fingerprint density at radius 3 is 2.74 bits per heavy atom. The predicted octanol–water partition coefficient (Wildman–Crippen LogP) is 0.0173. The Hall–Kier alpha value is -2.31. The van der Waals surface area contributed by atoms with Crippen molar-refractivity contribution >= 4 is 11.9 Å². The van der Waals surface area contributed by atoms with Crippen LogP contribution in [-0.2, 0) is 4.79 Å². The van der Waals surface area contributed by atoms with Crippen LogP contribution in [0.5, 0.6) is 5.88 Å². The number of hydrogen-bond donors (Lipinski definition) is 3. The van der Waals surface area contributed by atoms with Crippen LogP contribution in [0.25, 0.3) is 0 Å². The van der Waals surface area contributed by atoms with Crippen LogP contribution in [0.15, 0.2) is 16.9 Å². The van der Waals surface area contributed by atoms with Crippen LogP contribution < -0.4 is 5.56 Å². The van der Waals surface area contributed by atoms with Gasteiger partial charge >= 0.3 is 5.97 Å². The molecule has 1 amide bonds. The SMILES string of the molecule is O=C(O)C1CCCN(C(=O)c2cc(O)[nH]c(=O)c2)C1. The Morgan fingerprint density at radius 2 is 2.11 bits per heavy atom. The highest BCUT2D eigenvalue weighted by Gasteiger charge is 2.28. The van der Waals surface area contributed by atoms with Crippen molar-refractivity contribution in [1.29, 1.82) is 0 Å². The number of amides is 1. The number of aliphatic carboxylic acids is 1. The molecule has 102 valence electrons. The van der Waals surface area contributed by atoms with Crippen molar-refractivity contribution in [3.05, 3.63) is 28.0 Å². The van der Waals surface area contributed by atoms with E-state index < -0.39 is 23.4 Å². The molecule has 2 heterocycles. The number of carbonyl (C=O) groups is 2. The third kappa shape index (κ3) is 2.93. The van der Waals surface area contributed by atoms with Gasteiger partial charge in [-0.15, -0.1) is 0 Å². The van der Waals surface area contributed by atoms with E-state index in [0.717, 1.165) is 12.1 Å². The summed E-state index contributed by atoms with van der Waals surface area (Å²) < 4.78 is 0. The molecule has 1 fully saturated rings. The van der Waals surface area contributed by atoms with E-state index in [1.807, 2.05) is 0 Å².